The Morgan fingerprint density at radius 2 is 2.20 bits per heavy atom. The predicted molar refractivity (Wildman–Crippen MR) is 61.8 cm³/mol. The second-order valence-corrected chi connectivity index (χ2v) is 5.54. The maximum absolute atomic E-state index is 11.2. The van der Waals surface area contributed by atoms with Gasteiger partial charge >= 0.3 is 0 Å². The van der Waals surface area contributed by atoms with E-state index < -0.39 is 9.84 Å². The molecule has 0 aliphatic heterocycles. The van der Waals surface area contributed by atoms with Crippen molar-refractivity contribution < 1.29 is 13.2 Å². The second kappa shape index (κ2) is 4.59. The average molecular weight is 245 g/mol. The molecule has 1 aromatic carbocycles. The lowest BCUT2D eigenvalue weighted by atomic mass is 10.3. The van der Waals surface area contributed by atoms with Crippen molar-refractivity contribution in [1.82, 2.24) is 0 Å². The van der Waals surface area contributed by atoms with Gasteiger partial charge in [-0.1, -0.05) is 18.3 Å². The Bertz CT molecular complexity index is 468. The zero-order valence-corrected chi connectivity index (χ0v) is 9.77. The highest BCUT2D eigenvalue weighted by molar-refractivity contribution is 7.90. The van der Waals surface area contributed by atoms with Gasteiger partial charge in [0.1, 0.15) is 17.3 Å². The first-order valence-corrected chi connectivity index (χ1v) is 6.41. The number of nitrogens with two attached hydrogens (primary N) is 1. The fourth-order valence-corrected chi connectivity index (χ4v) is 1.66. The SMILES string of the molecule is CS(=O)(=O)c1cccc(OCC(N)=S)c1. The Balaban J connectivity index is 2.89. The first kappa shape index (κ1) is 11.9. The summed E-state index contributed by atoms with van der Waals surface area (Å²) < 4.78 is 27.6. The monoisotopic (exact) mass is 245 g/mol. The summed E-state index contributed by atoms with van der Waals surface area (Å²) in [6, 6.07) is 6.19. The molecule has 0 spiro atoms. The van der Waals surface area contributed by atoms with Crippen LogP contribution in [-0.2, 0) is 9.84 Å². The number of benzene rings is 1. The van der Waals surface area contributed by atoms with Crippen molar-refractivity contribution in [1.29, 1.82) is 0 Å². The zero-order valence-electron chi connectivity index (χ0n) is 8.14. The normalized spacial score (nSPS) is 11.0. The summed E-state index contributed by atoms with van der Waals surface area (Å²) in [4.78, 5) is 0.433. The maximum atomic E-state index is 11.2. The van der Waals surface area contributed by atoms with E-state index in [2.05, 4.69) is 12.2 Å². The Labute approximate surface area is 94.0 Å². The third-order valence-electron chi connectivity index (χ3n) is 1.61. The summed E-state index contributed by atoms with van der Waals surface area (Å²) in [5.41, 5.74) is 5.25. The van der Waals surface area contributed by atoms with Gasteiger partial charge in [0, 0.05) is 6.26 Å². The molecule has 15 heavy (non-hydrogen) atoms. The van der Waals surface area contributed by atoms with Crippen LogP contribution in [0, 0.1) is 0 Å². The highest BCUT2D eigenvalue weighted by Crippen LogP contribution is 2.17. The van der Waals surface area contributed by atoms with Crippen LogP contribution in [0.2, 0.25) is 0 Å². The van der Waals surface area contributed by atoms with Crippen molar-refractivity contribution >= 4 is 27.0 Å². The van der Waals surface area contributed by atoms with Gasteiger partial charge in [-0.25, -0.2) is 8.42 Å². The van der Waals surface area contributed by atoms with Crippen molar-refractivity contribution in [3.05, 3.63) is 24.3 Å². The van der Waals surface area contributed by atoms with Crippen molar-refractivity contribution in [3.63, 3.8) is 0 Å². The molecule has 0 saturated heterocycles. The van der Waals surface area contributed by atoms with Crippen LogP contribution in [0.15, 0.2) is 29.2 Å². The molecule has 0 saturated carbocycles. The molecule has 0 unspecified atom stereocenters. The summed E-state index contributed by atoms with van der Waals surface area (Å²) in [7, 11) is -3.21. The molecule has 6 heteroatoms. The summed E-state index contributed by atoms with van der Waals surface area (Å²) in [6.45, 7) is 0.0998. The minimum atomic E-state index is -3.21. The van der Waals surface area contributed by atoms with Gasteiger partial charge in [0.25, 0.3) is 0 Å². The standard InChI is InChI=1S/C9H11NO3S2/c1-15(11,12)8-4-2-3-7(5-8)13-6-9(10)14/h2-5H,6H2,1H3,(H2,10,14). The van der Waals surface area contributed by atoms with Crippen LogP contribution >= 0.6 is 12.2 Å². The van der Waals surface area contributed by atoms with E-state index in [0.29, 0.717) is 5.75 Å². The quantitative estimate of drug-likeness (QED) is 0.793. The number of sulfone groups is 1. The molecule has 0 atom stereocenters. The molecule has 0 aliphatic rings. The smallest absolute Gasteiger partial charge is 0.175 e. The molecule has 1 aromatic rings. The first-order valence-electron chi connectivity index (χ1n) is 4.11. The van der Waals surface area contributed by atoms with E-state index >= 15 is 0 Å². The third kappa shape index (κ3) is 3.85. The molecule has 2 N–H and O–H groups in total. The minimum absolute atomic E-state index is 0.0998. The topological polar surface area (TPSA) is 69.4 Å². The minimum Gasteiger partial charge on any atom is -0.486 e. The van der Waals surface area contributed by atoms with Gasteiger partial charge in [0.05, 0.1) is 4.90 Å². The van der Waals surface area contributed by atoms with Crippen LogP contribution in [0.25, 0.3) is 0 Å². The number of hydrogen-bond donors (Lipinski definition) is 1. The van der Waals surface area contributed by atoms with E-state index in [0.717, 1.165) is 6.26 Å². The van der Waals surface area contributed by atoms with Crippen molar-refractivity contribution in [2.45, 2.75) is 4.90 Å². The number of ether oxygens (including phenoxy) is 1. The number of thiocarbonyl (C=S) groups is 1. The van der Waals surface area contributed by atoms with E-state index in [4.69, 9.17) is 10.5 Å². The van der Waals surface area contributed by atoms with E-state index in [1.165, 1.54) is 12.1 Å². The van der Waals surface area contributed by atoms with Crippen LogP contribution in [0.5, 0.6) is 5.75 Å². The molecule has 0 aromatic heterocycles. The van der Waals surface area contributed by atoms with Gasteiger partial charge in [-0.15, -0.1) is 0 Å². The molecule has 0 aliphatic carbocycles. The molecule has 0 bridgehead atoms. The Morgan fingerprint density at radius 3 is 2.73 bits per heavy atom. The molecule has 82 valence electrons. The van der Waals surface area contributed by atoms with Crippen molar-refractivity contribution in [3.8, 4) is 5.75 Å². The van der Waals surface area contributed by atoms with E-state index in [-0.39, 0.29) is 16.5 Å². The fourth-order valence-electron chi connectivity index (χ4n) is 0.949. The molecule has 0 fully saturated rings. The van der Waals surface area contributed by atoms with E-state index in [1.807, 2.05) is 0 Å². The fraction of sp³-hybridized carbons (Fsp3) is 0.222. The van der Waals surface area contributed by atoms with Crippen LogP contribution in [0.4, 0.5) is 0 Å². The molecule has 0 heterocycles. The van der Waals surface area contributed by atoms with Crippen LogP contribution < -0.4 is 10.5 Å². The second-order valence-electron chi connectivity index (χ2n) is 3.00. The number of rotatable bonds is 4. The van der Waals surface area contributed by atoms with Crippen LogP contribution in [0.1, 0.15) is 0 Å². The number of hydrogen-bond acceptors (Lipinski definition) is 4. The molecule has 4 nitrogen and oxygen atoms in total. The van der Waals surface area contributed by atoms with Gasteiger partial charge in [-0.3, -0.25) is 0 Å². The lowest BCUT2D eigenvalue weighted by Crippen LogP contribution is -2.17. The Morgan fingerprint density at radius 1 is 1.53 bits per heavy atom. The Hall–Kier alpha value is -1.14. The highest BCUT2D eigenvalue weighted by Gasteiger charge is 2.07. The Kier molecular flexibility index (Phi) is 3.65. The van der Waals surface area contributed by atoms with Gasteiger partial charge < -0.3 is 10.5 Å². The summed E-state index contributed by atoms with van der Waals surface area (Å²) >= 11 is 4.64. The molecule has 1 rings (SSSR count). The predicted octanol–water partition coefficient (Wildman–Crippen LogP) is 0.755. The first-order chi connectivity index (χ1) is 6.89. The van der Waals surface area contributed by atoms with E-state index in [1.54, 1.807) is 12.1 Å². The highest BCUT2D eigenvalue weighted by atomic mass is 32.2. The van der Waals surface area contributed by atoms with Gasteiger partial charge in [-0.05, 0) is 18.2 Å². The average Bonchev–Trinajstić information content (AvgIpc) is 2.14. The summed E-state index contributed by atoms with van der Waals surface area (Å²) in [6.07, 6.45) is 1.14. The lowest BCUT2D eigenvalue weighted by molar-refractivity contribution is 0.376. The third-order valence-corrected chi connectivity index (χ3v) is 2.84. The summed E-state index contributed by atoms with van der Waals surface area (Å²) in [5, 5.41) is 0. The maximum Gasteiger partial charge on any atom is 0.175 e. The van der Waals surface area contributed by atoms with Gasteiger partial charge in [0.2, 0.25) is 0 Å². The zero-order chi connectivity index (χ0) is 11.5. The molecular formula is C9H11NO3S2. The van der Waals surface area contributed by atoms with Crippen molar-refractivity contribution in [2.75, 3.05) is 12.9 Å². The van der Waals surface area contributed by atoms with Crippen LogP contribution in [0.3, 0.4) is 0 Å². The summed E-state index contributed by atoms with van der Waals surface area (Å²) in [5.74, 6) is 0.436. The lowest BCUT2D eigenvalue weighted by Gasteiger charge is -2.05. The van der Waals surface area contributed by atoms with Crippen LogP contribution in [-0.4, -0.2) is 26.3 Å². The van der Waals surface area contributed by atoms with E-state index in [9.17, 15) is 8.42 Å². The van der Waals surface area contributed by atoms with Gasteiger partial charge in [-0.2, -0.15) is 0 Å². The van der Waals surface area contributed by atoms with Crippen molar-refractivity contribution in [2.24, 2.45) is 5.73 Å². The molecule has 0 radical (unpaired) electrons. The largest absolute Gasteiger partial charge is 0.486 e. The van der Waals surface area contributed by atoms with Gasteiger partial charge in [0.15, 0.2) is 9.84 Å². The molecular weight excluding hydrogens is 234 g/mol. The molecule has 0 amide bonds.